The second kappa shape index (κ2) is 5.83. The van der Waals surface area contributed by atoms with Crippen molar-refractivity contribution < 1.29 is 4.39 Å². The van der Waals surface area contributed by atoms with Crippen LogP contribution in [0.1, 0.15) is 29.9 Å². The quantitative estimate of drug-likeness (QED) is 0.819. The average Bonchev–Trinajstić information content (AvgIpc) is 2.30. The third-order valence-corrected chi connectivity index (χ3v) is 2.91. The summed E-state index contributed by atoms with van der Waals surface area (Å²) < 4.78 is 13.1. The first kappa shape index (κ1) is 13.0. The highest BCUT2D eigenvalue weighted by Crippen LogP contribution is 2.28. The van der Waals surface area contributed by atoms with E-state index >= 15 is 0 Å². The van der Waals surface area contributed by atoms with Crippen LogP contribution in [-0.4, -0.2) is 13.1 Å². The average molecular weight is 241 g/mol. The van der Waals surface area contributed by atoms with Crippen LogP contribution in [0.2, 0.25) is 0 Å². The number of nitriles is 1. The van der Waals surface area contributed by atoms with E-state index in [0.29, 0.717) is 11.5 Å². The van der Waals surface area contributed by atoms with Gasteiger partial charge in [0.1, 0.15) is 5.82 Å². The molecule has 1 saturated heterocycles. The SMILES string of the molecule is Cl.N#Cc1ccc(F)cc1C1CCNCC1. The molecule has 1 fully saturated rings. The number of hydrogen-bond donors (Lipinski definition) is 1. The smallest absolute Gasteiger partial charge is 0.123 e. The minimum atomic E-state index is -0.248. The van der Waals surface area contributed by atoms with Crippen LogP contribution in [-0.2, 0) is 0 Å². The molecule has 1 aromatic carbocycles. The van der Waals surface area contributed by atoms with E-state index in [1.165, 1.54) is 12.1 Å². The molecule has 0 amide bonds. The standard InChI is InChI=1S/C12H13FN2.ClH/c13-11-2-1-10(8-14)12(7-11)9-3-5-15-6-4-9;/h1-2,7,9,15H,3-6H2;1H. The number of halogens is 2. The zero-order valence-electron chi connectivity index (χ0n) is 8.87. The van der Waals surface area contributed by atoms with Crippen LogP contribution < -0.4 is 5.32 Å². The fraction of sp³-hybridized carbons (Fsp3) is 0.417. The highest BCUT2D eigenvalue weighted by atomic mass is 35.5. The molecule has 0 atom stereocenters. The summed E-state index contributed by atoms with van der Waals surface area (Å²) >= 11 is 0. The molecule has 4 heteroatoms. The number of hydrogen-bond acceptors (Lipinski definition) is 2. The first-order valence-electron chi connectivity index (χ1n) is 5.21. The maximum Gasteiger partial charge on any atom is 0.123 e. The van der Waals surface area contributed by atoms with Gasteiger partial charge in [-0.3, -0.25) is 0 Å². The Kier molecular flexibility index (Phi) is 4.72. The molecule has 86 valence electrons. The van der Waals surface area contributed by atoms with Gasteiger partial charge < -0.3 is 5.32 Å². The van der Waals surface area contributed by atoms with Gasteiger partial charge in [-0.15, -0.1) is 12.4 Å². The lowest BCUT2D eigenvalue weighted by atomic mass is 9.87. The largest absolute Gasteiger partial charge is 0.317 e. The predicted molar refractivity (Wildman–Crippen MR) is 63.2 cm³/mol. The van der Waals surface area contributed by atoms with Crippen LogP contribution in [0.3, 0.4) is 0 Å². The molecular weight excluding hydrogens is 227 g/mol. The summed E-state index contributed by atoms with van der Waals surface area (Å²) in [4.78, 5) is 0. The summed E-state index contributed by atoms with van der Waals surface area (Å²) in [5.41, 5.74) is 1.49. The van der Waals surface area contributed by atoms with Gasteiger partial charge in [0.15, 0.2) is 0 Å². The zero-order valence-corrected chi connectivity index (χ0v) is 9.69. The van der Waals surface area contributed by atoms with Gasteiger partial charge in [0.2, 0.25) is 0 Å². The van der Waals surface area contributed by atoms with Gasteiger partial charge in [-0.1, -0.05) is 0 Å². The highest BCUT2D eigenvalue weighted by molar-refractivity contribution is 5.85. The normalized spacial score (nSPS) is 16.2. The Morgan fingerprint density at radius 1 is 1.31 bits per heavy atom. The Morgan fingerprint density at radius 2 is 2.00 bits per heavy atom. The molecule has 0 aliphatic carbocycles. The van der Waals surface area contributed by atoms with Crippen LogP contribution >= 0.6 is 12.4 Å². The third-order valence-electron chi connectivity index (χ3n) is 2.91. The van der Waals surface area contributed by atoms with Gasteiger partial charge in [0.25, 0.3) is 0 Å². The van der Waals surface area contributed by atoms with E-state index in [-0.39, 0.29) is 18.2 Å². The monoisotopic (exact) mass is 240 g/mol. The summed E-state index contributed by atoms with van der Waals surface area (Å²) in [5, 5.41) is 12.2. The first-order chi connectivity index (χ1) is 7.31. The van der Waals surface area contributed by atoms with Crippen LogP contribution in [0.4, 0.5) is 4.39 Å². The Balaban J connectivity index is 0.00000128. The van der Waals surface area contributed by atoms with E-state index in [0.717, 1.165) is 31.5 Å². The second-order valence-electron chi connectivity index (χ2n) is 3.87. The van der Waals surface area contributed by atoms with Crippen LogP contribution in [0.25, 0.3) is 0 Å². The molecule has 0 unspecified atom stereocenters. The summed E-state index contributed by atoms with van der Waals surface area (Å²) in [5.74, 6) is 0.0825. The van der Waals surface area contributed by atoms with Crippen LogP contribution in [0.15, 0.2) is 18.2 Å². The van der Waals surface area contributed by atoms with E-state index in [2.05, 4.69) is 11.4 Å². The van der Waals surface area contributed by atoms with Crippen molar-refractivity contribution >= 4 is 12.4 Å². The van der Waals surface area contributed by atoms with E-state index in [4.69, 9.17) is 5.26 Å². The van der Waals surface area contributed by atoms with Crippen molar-refractivity contribution in [1.29, 1.82) is 5.26 Å². The van der Waals surface area contributed by atoms with Crippen molar-refractivity contribution in [1.82, 2.24) is 5.32 Å². The molecule has 1 heterocycles. The molecule has 1 aromatic rings. The molecule has 0 spiro atoms. The van der Waals surface area contributed by atoms with E-state index < -0.39 is 0 Å². The lowest BCUT2D eigenvalue weighted by molar-refractivity contribution is 0.458. The molecule has 2 rings (SSSR count). The van der Waals surface area contributed by atoms with Crippen molar-refractivity contribution in [3.05, 3.63) is 35.1 Å². The van der Waals surface area contributed by atoms with Crippen LogP contribution in [0, 0.1) is 17.1 Å². The number of benzene rings is 1. The van der Waals surface area contributed by atoms with Gasteiger partial charge >= 0.3 is 0 Å². The lowest BCUT2D eigenvalue weighted by Gasteiger charge is -2.23. The Labute approximate surface area is 101 Å². The molecule has 1 aliphatic heterocycles. The maximum absolute atomic E-state index is 13.1. The first-order valence-corrected chi connectivity index (χ1v) is 5.21. The lowest BCUT2D eigenvalue weighted by Crippen LogP contribution is -2.27. The molecule has 2 nitrogen and oxygen atoms in total. The second-order valence-corrected chi connectivity index (χ2v) is 3.87. The summed E-state index contributed by atoms with van der Waals surface area (Å²) in [7, 11) is 0. The fourth-order valence-electron chi connectivity index (χ4n) is 2.11. The van der Waals surface area contributed by atoms with Crippen molar-refractivity contribution in [3.8, 4) is 6.07 Å². The Morgan fingerprint density at radius 3 is 2.62 bits per heavy atom. The fourth-order valence-corrected chi connectivity index (χ4v) is 2.11. The molecule has 0 saturated carbocycles. The predicted octanol–water partition coefficient (Wildman–Crippen LogP) is 2.59. The van der Waals surface area contributed by atoms with Crippen molar-refractivity contribution in [3.63, 3.8) is 0 Å². The Hall–Kier alpha value is -1.11. The van der Waals surface area contributed by atoms with Gasteiger partial charge in [-0.05, 0) is 55.6 Å². The third kappa shape index (κ3) is 2.72. The molecule has 0 aromatic heterocycles. The van der Waals surface area contributed by atoms with Gasteiger partial charge in [-0.2, -0.15) is 5.26 Å². The van der Waals surface area contributed by atoms with Crippen molar-refractivity contribution in [2.24, 2.45) is 0 Å². The van der Waals surface area contributed by atoms with E-state index in [9.17, 15) is 4.39 Å². The van der Waals surface area contributed by atoms with E-state index in [1.807, 2.05) is 0 Å². The van der Waals surface area contributed by atoms with Crippen LogP contribution in [0.5, 0.6) is 0 Å². The number of nitrogens with one attached hydrogen (secondary N) is 1. The van der Waals surface area contributed by atoms with Gasteiger partial charge in [0.05, 0.1) is 11.6 Å². The minimum absolute atomic E-state index is 0. The van der Waals surface area contributed by atoms with Crippen molar-refractivity contribution in [2.45, 2.75) is 18.8 Å². The molecule has 16 heavy (non-hydrogen) atoms. The van der Waals surface area contributed by atoms with Crippen molar-refractivity contribution in [2.75, 3.05) is 13.1 Å². The topological polar surface area (TPSA) is 35.8 Å². The van der Waals surface area contributed by atoms with Gasteiger partial charge in [0, 0.05) is 0 Å². The number of piperidine rings is 1. The summed E-state index contributed by atoms with van der Waals surface area (Å²) in [6.07, 6.45) is 1.97. The summed E-state index contributed by atoms with van der Waals surface area (Å²) in [6.45, 7) is 1.90. The molecule has 0 bridgehead atoms. The minimum Gasteiger partial charge on any atom is -0.317 e. The maximum atomic E-state index is 13.1. The highest BCUT2D eigenvalue weighted by Gasteiger charge is 2.18. The summed E-state index contributed by atoms with van der Waals surface area (Å²) in [6, 6.07) is 6.57. The molecule has 0 radical (unpaired) electrons. The number of rotatable bonds is 1. The molecular formula is C12H14ClFN2. The molecule has 1 N–H and O–H groups in total. The number of nitrogens with zero attached hydrogens (tertiary/aromatic N) is 1. The molecule has 1 aliphatic rings. The van der Waals surface area contributed by atoms with Gasteiger partial charge in [-0.25, -0.2) is 4.39 Å². The van der Waals surface area contributed by atoms with E-state index in [1.54, 1.807) is 6.07 Å². The zero-order chi connectivity index (χ0) is 10.7. The Bertz CT molecular complexity index is 394.